The van der Waals surface area contributed by atoms with Gasteiger partial charge in [-0.05, 0) is 12.8 Å². The summed E-state index contributed by atoms with van der Waals surface area (Å²) < 4.78 is 0. The highest BCUT2D eigenvalue weighted by Gasteiger charge is 2.09. The molecule has 0 radical (unpaired) electrons. The van der Waals surface area contributed by atoms with E-state index in [1.54, 1.807) is 0 Å². The van der Waals surface area contributed by atoms with Crippen LogP contribution in [0.25, 0.3) is 0 Å². The molecule has 0 saturated carbocycles. The number of amides is 1. The lowest BCUT2D eigenvalue weighted by Crippen LogP contribution is -2.37. The highest BCUT2D eigenvalue weighted by Crippen LogP contribution is 2.12. The van der Waals surface area contributed by atoms with Crippen molar-refractivity contribution in [1.29, 1.82) is 0 Å². The third-order valence-corrected chi connectivity index (χ3v) is 4.48. The van der Waals surface area contributed by atoms with Crippen LogP contribution in [0.2, 0.25) is 0 Å². The number of carbonyl (C=O) groups is 1. The van der Waals surface area contributed by atoms with Gasteiger partial charge in [-0.15, -0.1) is 0 Å². The van der Waals surface area contributed by atoms with E-state index < -0.39 is 0 Å². The Morgan fingerprint density at radius 2 is 1.26 bits per heavy atom. The zero-order valence-electron chi connectivity index (χ0n) is 15.7. The minimum atomic E-state index is -0.0511. The molecule has 0 aromatic rings. The quantitative estimate of drug-likeness (QED) is 0.354. The second-order valence-electron chi connectivity index (χ2n) is 6.87. The van der Waals surface area contributed by atoms with E-state index in [-0.39, 0.29) is 18.6 Å². The van der Waals surface area contributed by atoms with Crippen molar-refractivity contribution in [3.05, 3.63) is 0 Å². The Kier molecular flexibility index (Phi) is 17.3. The minimum absolute atomic E-state index is 0.0511. The van der Waals surface area contributed by atoms with Gasteiger partial charge in [0.1, 0.15) is 0 Å². The first kappa shape index (κ1) is 22.4. The van der Waals surface area contributed by atoms with Gasteiger partial charge in [0.2, 0.25) is 5.91 Å². The molecule has 0 saturated heterocycles. The number of hydrogen-bond acceptors (Lipinski definition) is 2. The molecule has 0 aromatic heterocycles. The Bertz CT molecular complexity index is 256. The Balaban J connectivity index is 3.27. The zero-order chi connectivity index (χ0) is 17.2. The Morgan fingerprint density at radius 3 is 1.70 bits per heavy atom. The first-order valence-electron chi connectivity index (χ1n) is 10.1. The van der Waals surface area contributed by atoms with E-state index >= 15 is 0 Å². The van der Waals surface area contributed by atoms with Gasteiger partial charge >= 0.3 is 0 Å². The summed E-state index contributed by atoms with van der Waals surface area (Å²) in [5.74, 6) is 0.101. The van der Waals surface area contributed by atoms with Gasteiger partial charge in [-0.25, -0.2) is 0 Å². The number of unbranched alkanes of at least 4 members (excludes halogenated alkanes) is 11. The number of nitrogens with one attached hydrogen (secondary N) is 1. The molecule has 0 heterocycles. The third-order valence-electron chi connectivity index (χ3n) is 4.48. The lowest BCUT2D eigenvalue weighted by molar-refractivity contribution is -0.122. The minimum Gasteiger partial charge on any atom is -0.394 e. The summed E-state index contributed by atoms with van der Waals surface area (Å²) in [5, 5.41) is 12.1. The number of hydrogen-bond donors (Lipinski definition) is 2. The predicted molar refractivity (Wildman–Crippen MR) is 99.6 cm³/mol. The van der Waals surface area contributed by atoms with Crippen LogP contribution in [0.5, 0.6) is 0 Å². The Hall–Kier alpha value is -0.570. The van der Waals surface area contributed by atoms with E-state index in [9.17, 15) is 4.79 Å². The third kappa shape index (κ3) is 16.1. The normalized spacial score (nSPS) is 12.3. The monoisotopic (exact) mass is 327 g/mol. The first-order valence-corrected chi connectivity index (χ1v) is 10.1. The van der Waals surface area contributed by atoms with E-state index in [1.165, 1.54) is 64.2 Å². The topological polar surface area (TPSA) is 49.3 Å². The largest absolute Gasteiger partial charge is 0.394 e. The van der Waals surface area contributed by atoms with Crippen LogP contribution in [-0.4, -0.2) is 23.7 Å². The standard InChI is InChI=1S/C20H41NO2/c1-3-5-6-7-8-9-10-11-12-13-14-15-17-20(23)21-19(18-22)16-4-2/h19,22H,3-18H2,1-2H3,(H,21,23). The molecular weight excluding hydrogens is 286 g/mol. The van der Waals surface area contributed by atoms with Gasteiger partial charge < -0.3 is 10.4 Å². The summed E-state index contributed by atoms with van der Waals surface area (Å²) in [5.41, 5.74) is 0. The van der Waals surface area contributed by atoms with E-state index in [0.717, 1.165) is 25.7 Å². The van der Waals surface area contributed by atoms with Crippen LogP contribution in [0.15, 0.2) is 0 Å². The molecule has 23 heavy (non-hydrogen) atoms. The molecule has 0 aliphatic heterocycles. The van der Waals surface area contributed by atoms with Crippen molar-refractivity contribution in [2.45, 2.75) is 116 Å². The van der Waals surface area contributed by atoms with Crippen molar-refractivity contribution in [2.75, 3.05) is 6.61 Å². The van der Waals surface area contributed by atoms with E-state index in [0.29, 0.717) is 6.42 Å². The van der Waals surface area contributed by atoms with Crippen LogP contribution in [0.3, 0.4) is 0 Å². The predicted octanol–water partition coefficient (Wildman–Crippen LogP) is 5.35. The molecular formula is C20H41NO2. The van der Waals surface area contributed by atoms with Gasteiger partial charge in [0.15, 0.2) is 0 Å². The molecule has 0 aromatic carbocycles. The zero-order valence-corrected chi connectivity index (χ0v) is 15.7. The molecule has 0 aliphatic carbocycles. The van der Waals surface area contributed by atoms with Gasteiger partial charge in [-0.2, -0.15) is 0 Å². The van der Waals surface area contributed by atoms with Gasteiger partial charge in [0.05, 0.1) is 12.6 Å². The summed E-state index contributed by atoms with van der Waals surface area (Å²) in [7, 11) is 0. The highest BCUT2D eigenvalue weighted by molar-refractivity contribution is 5.76. The van der Waals surface area contributed by atoms with Gasteiger partial charge in [0, 0.05) is 6.42 Å². The number of rotatable bonds is 17. The number of carbonyl (C=O) groups excluding carboxylic acids is 1. The molecule has 2 N–H and O–H groups in total. The van der Waals surface area contributed by atoms with E-state index in [2.05, 4.69) is 19.2 Å². The number of aliphatic hydroxyl groups excluding tert-OH is 1. The second-order valence-corrected chi connectivity index (χ2v) is 6.87. The van der Waals surface area contributed by atoms with Crippen molar-refractivity contribution in [2.24, 2.45) is 0 Å². The molecule has 0 bridgehead atoms. The van der Waals surface area contributed by atoms with E-state index in [1.807, 2.05) is 0 Å². The molecule has 0 spiro atoms. The molecule has 1 unspecified atom stereocenters. The van der Waals surface area contributed by atoms with Crippen LogP contribution < -0.4 is 5.32 Å². The van der Waals surface area contributed by atoms with Crippen molar-refractivity contribution < 1.29 is 9.90 Å². The van der Waals surface area contributed by atoms with Crippen molar-refractivity contribution >= 4 is 5.91 Å². The van der Waals surface area contributed by atoms with Gasteiger partial charge in [0.25, 0.3) is 0 Å². The van der Waals surface area contributed by atoms with Crippen molar-refractivity contribution in [1.82, 2.24) is 5.32 Å². The average molecular weight is 328 g/mol. The smallest absolute Gasteiger partial charge is 0.220 e. The van der Waals surface area contributed by atoms with Crippen molar-refractivity contribution in [3.63, 3.8) is 0 Å². The summed E-state index contributed by atoms with van der Waals surface area (Å²) >= 11 is 0. The van der Waals surface area contributed by atoms with Crippen LogP contribution in [0, 0.1) is 0 Å². The lowest BCUT2D eigenvalue weighted by Gasteiger charge is -2.15. The maximum Gasteiger partial charge on any atom is 0.220 e. The molecule has 3 nitrogen and oxygen atoms in total. The second kappa shape index (κ2) is 17.8. The number of aliphatic hydroxyl groups is 1. The SMILES string of the molecule is CCCCCCCCCCCCCCC(=O)NC(CO)CCC. The summed E-state index contributed by atoms with van der Waals surface area (Å²) in [4.78, 5) is 11.7. The van der Waals surface area contributed by atoms with Crippen molar-refractivity contribution in [3.8, 4) is 0 Å². The van der Waals surface area contributed by atoms with E-state index in [4.69, 9.17) is 5.11 Å². The van der Waals surface area contributed by atoms with Gasteiger partial charge in [-0.3, -0.25) is 4.79 Å². The highest BCUT2D eigenvalue weighted by atomic mass is 16.3. The summed E-state index contributed by atoms with van der Waals surface area (Å²) in [6, 6.07) is -0.0511. The van der Waals surface area contributed by atoms with Crippen LogP contribution >= 0.6 is 0 Å². The molecule has 1 amide bonds. The first-order chi connectivity index (χ1) is 11.2. The van der Waals surface area contributed by atoms with Gasteiger partial charge in [-0.1, -0.05) is 90.9 Å². The Labute approximate surface area is 144 Å². The fourth-order valence-electron chi connectivity index (χ4n) is 2.98. The average Bonchev–Trinajstić information content (AvgIpc) is 2.55. The fourth-order valence-corrected chi connectivity index (χ4v) is 2.98. The summed E-state index contributed by atoms with van der Waals surface area (Å²) in [6.07, 6.45) is 18.2. The fraction of sp³-hybridized carbons (Fsp3) is 0.950. The Morgan fingerprint density at radius 1 is 0.783 bits per heavy atom. The molecule has 0 fully saturated rings. The molecule has 138 valence electrons. The summed E-state index contributed by atoms with van der Waals surface area (Å²) in [6.45, 7) is 4.39. The van der Waals surface area contributed by atoms with Crippen LogP contribution in [0.4, 0.5) is 0 Å². The molecule has 0 aliphatic rings. The molecule has 0 rings (SSSR count). The maximum absolute atomic E-state index is 11.7. The molecule has 3 heteroatoms. The maximum atomic E-state index is 11.7. The molecule has 1 atom stereocenters. The van der Waals surface area contributed by atoms with Crippen LogP contribution in [-0.2, 0) is 4.79 Å². The van der Waals surface area contributed by atoms with Crippen LogP contribution in [0.1, 0.15) is 110 Å². The lowest BCUT2D eigenvalue weighted by atomic mass is 10.0.